The first-order valence-electron chi connectivity index (χ1n) is 11.8. The highest BCUT2D eigenvalue weighted by atomic mass is 16.5. The third kappa shape index (κ3) is 4.14. The van der Waals surface area contributed by atoms with Crippen molar-refractivity contribution in [3.05, 3.63) is 72.3 Å². The molecular formula is C29H31BO3. The van der Waals surface area contributed by atoms with E-state index in [4.69, 9.17) is 4.65 Å². The Kier molecular flexibility index (Phi) is 5.26. The SMILES string of the molecule is CC(C)(O)C(C)(C)OBc1cccc(-c2cc3cc(C4CC4)ccc3c3c(O)cccc23)c1. The van der Waals surface area contributed by atoms with E-state index in [1.54, 1.807) is 19.9 Å². The highest BCUT2D eigenvalue weighted by molar-refractivity contribution is 6.47. The fourth-order valence-electron chi connectivity index (χ4n) is 4.39. The first-order chi connectivity index (χ1) is 15.6. The quantitative estimate of drug-likeness (QED) is 0.296. The van der Waals surface area contributed by atoms with Gasteiger partial charge in [0.2, 0.25) is 0 Å². The molecule has 4 heteroatoms. The predicted molar refractivity (Wildman–Crippen MR) is 139 cm³/mol. The first-order valence-corrected chi connectivity index (χ1v) is 11.8. The van der Waals surface area contributed by atoms with Gasteiger partial charge in [-0.15, -0.1) is 0 Å². The van der Waals surface area contributed by atoms with Gasteiger partial charge in [-0.25, -0.2) is 0 Å². The number of rotatable bonds is 6. The van der Waals surface area contributed by atoms with Crippen LogP contribution in [0.3, 0.4) is 0 Å². The van der Waals surface area contributed by atoms with Crippen LogP contribution >= 0.6 is 0 Å². The minimum atomic E-state index is -0.948. The number of phenols is 1. The molecule has 0 heterocycles. The first kappa shape index (κ1) is 22.0. The molecular weight excluding hydrogens is 407 g/mol. The molecule has 0 amide bonds. The van der Waals surface area contributed by atoms with Gasteiger partial charge in [0.1, 0.15) is 5.75 Å². The van der Waals surface area contributed by atoms with E-state index in [2.05, 4.69) is 48.5 Å². The summed E-state index contributed by atoms with van der Waals surface area (Å²) < 4.78 is 6.11. The van der Waals surface area contributed by atoms with Crippen LogP contribution in [0.25, 0.3) is 32.7 Å². The molecule has 0 spiro atoms. The number of benzene rings is 4. The van der Waals surface area contributed by atoms with Crippen LogP contribution in [0, 0.1) is 0 Å². The summed E-state index contributed by atoms with van der Waals surface area (Å²) >= 11 is 0. The van der Waals surface area contributed by atoms with Gasteiger partial charge in [0.05, 0.1) is 11.2 Å². The van der Waals surface area contributed by atoms with Crippen molar-refractivity contribution in [1.82, 2.24) is 0 Å². The second-order valence-corrected chi connectivity index (χ2v) is 10.4. The van der Waals surface area contributed by atoms with Gasteiger partial charge in [-0.3, -0.25) is 0 Å². The lowest BCUT2D eigenvalue weighted by Gasteiger charge is -2.37. The van der Waals surface area contributed by atoms with Gasteiger partial charge < -0.3 is 14.9 Å². The number of phenolic OH excluding ortho intramolecular Hbond substituents is 1. The molecule has 1 aliphatic carbocycles. The Morgan fingerprint density at radius 1 is 0.879 bits per heavy atom. The Morgan fingerprint density at radius 2 is 1.64 bits per heavy atom. The lowest BCUT2D eigenvalue weighted by Crippen LogP contribution is -2.49. The fourth-order valence-corrected chi connectivity index (χ4v) is 4.39. The van der Waals surface area contributed by atoms with Crippen LogP contribution in [0.2, 0.25) is 0 Å². The molecule has 3 nitrogen and oxygen atoms in total. The lowest BCUT2D eigenvalue weighted by atomic mass is 9.81. The Labute approximate surface area is 196 Å². The molecule has 5 rings (SSSR count). The second-order valence-electron chi connectivity index (χ2n) is 10.4. The third-order valence-corrected chi connectivity index (χ3v) is 7.34. The van der Waals surface area contributed by atoms with E-state index >= 15 is 0 Å². The maximum absolute atomic E-state index is 10.8. The monoisotopic (exact) mass is 438 g/mol. The van der Waals surface area contributed by atoms with Crippen LogP contribution in [0.4, 0.5) is 0 Å². The van der Waals surface area contributed by atoms with Crippen molar-refractivity contribution in [3.8, 4) is 16.9 Å². The fraction of sp³-hybridized carbons (Fsp3) is 0.310. The van der Waals surface area contributed by atoms with E-state index in [0.717, 1.165) is 38.1 Å². The topological polar surface area (TPSA) is 49.7 Å². The van der Waals surface area contributed by atoms with Gasteiger partial charge in [-0.05, 0) is 91.4 Å². The highest BCUT2D eigenvalue weighted by Crippen LogP contribution is 2.44. The van der Waals surface area contributed by atoms with Gasteiger partial charge in [-0.2, -0.15) is 0 Å². The van der Waals surface area contributed by atoms with Crippen molar-refractivity contribution in [1.29, 1.82) is 0 Å². The van der Waals surface area contributed by atoms with Gasteiger partial charge in [0.25, 0.3) is 0 Å². The second kappa shape index (κ2) is 7.90. The Bertz CT molecular complexity index is 1350. The summed E-state index contributed by atoms with van der Waals surface area (Å²) in [6.07, 6.45) is 2.53. The molecule has 2 N–H and O–H groups in total. The van der Waals surface area contributed by atoms with Gasteiger partial charge in [0, 0.05) is 5.39 Å². The molecule has 0 unspecified atom stereocenters. The smallest absolute Gasteiger partial charge is 0.309 e. The number of fused-ring (bicyclic) bond motifs is 3. The van der Waals surface area contributed by atoms with Crippen LogP contribution in [-0.2, 0) is 4.65 Å². The summed E-state index contributed by atoms with van der Waals surface area (Å²) in [6, 6.07) is 23.0. The summed E-state index contributed by atoms with van der Waals surface area (Å²) in [4.78, 5) is 0. The molecule has 4 aromatic carbocycles. The molecule has 168 valence electrons. The molecule has 0 saturated heterocycles. The van der Waals surface area contributed by atoms with Crippen molar-refractivity contribution in [3.63, 3.8) is 0 Å². The number of aliphatic hydroxyl groups is 1. The Morgan fingerprint density at radius 3 is 2.36 bits per heavy atom. The summed E-state index contributed by atoms with van der Waals surface area (Å²) in [7, 11) is 0.410. The Balaban J connectivity index is 1.60. The largest absolute Gasteiger partial charge is 0.507 e. The predicted octanol–water partition coefficient (Wildman–Crippen LogP) is 5.79. The van der Waals surface area contributed by atoms with Crippen LogP contribution in [0.15, 0.2) is 66.7 Å². The van der Waals surface area contributed by atoms with Crippen molar-refractivity contribution in [2.75, 3.05) is 0 Å². The molecule has 0 aromatic heterocycles. The van der Waals surface area contributed by atoms with Crippen molar-refractivity contribution in [2.45, 2.75) is 57.7 Å². The molecule has 33 heavy (non-hydrogen) atoms. The van der Waals surface area contributed by atoms with E-state index in [9.17, 15) is 10.2 Å². The molecule has 0 bridgehead atoms. The van der Waals surface area contributed by atoms with E-state index in [1.807, 2.05) is 26.0 Å². The van der Waals surface area contributed by atoms with E-state index < -0.39 is 11.2 Å². The van der Waals surface area contributed by atoms with Gasteiger partial charge in [-0.1, -0.05) is 60.1 Å². The zero-order valence-electron chi connectivity index (χ0n) is 19.9. The molecule has 1 saturated carbocycles. The highest BCUT2D eigenvalue weighted by Gasteiger charge is 2.35. The third-order valence-electron chi connectivity index (χ3n) is 7.34. The van der Waals surface area contributed by atoms with E-state index in [1.165, 1.54) is 18.4 Å². The molecule has 0 radical (unpaired) electrons. The van der Waals surface area contributed by atoms with Crippen molar-refractivity contribution >= 4 is 34.5 Å². The van der Waals surface area contributed by atoms with Crippen LogP contribution in [-0.4, -0.2) is 28.9 Å². The maximum atomic E-state index is 10.8. The number of hydrogen-bond acceptors (Lipinski definition) is 3. The van der Waals surface area contributed by atoms with Crippen molar-refractivity contribution in [2.24, 2.45) is 0 Å². The summed E-state index contributed by atoms with van der Waals surface area (Å²) in [5, 5.41) is 25.4. The minimum Gasteiger partial charge on any atom is -0.507 e. The molecule has 0 atom stereocenters. The zero-order chi connectivity index (χ0) is 23.4. The van der Waals surface area contributed by atoms with E-state index in [0.29, 0.717) is 19.1 Å². The van der Waals surface area contributed by atoms with Gasteiger partial charge in [0.15, 0.2) is 0 Å². The lowest BCUT2D eigenvalue weighted by molar-refractivity contribution is -0.0893. The number of aromatic hydroxyl groups is 1. The Hall–Kier alpha value is -2.82. The zero-order valence-corrected chi connectivity index (χ0v) is 19.9. The van der Waals surface area contributed by atoms with Crippen LogP contribution < -0.4 is 5.46 Å². The number of hydrogen-bond donors (Lipinski definition) is 2. The van der Waals surface area contributed by atoms with Gasteiger partial charge >= 0.3 is 7.48 Å². The standard InChI is InChI=1S/C29H31BO3/c1-28(2,32)29(3,4)33-30-22-8-5-7-20(16-22)25-17-21-15-19(18-11-12-18)13-14-23(21)27-24(25)9-6-10-26(27)31/h5-10,13-18,30-32H,11-12H2,1-4H3. The summed E-state index contributed by atoms with van der Waals surface area (Å²) in [5.41, 5.74) is 3.00. The average Bonchev–Trinajstić information content (AvgIpc) is 3.62. The van der Waals surface area contributed by atoms with Crippen molar-refractivity contribution < 1.29 is 14.9 Å². The van der Waals surface area contributed by atoms with Crippen LogP contribution in [0.5, 0.6) is 5.75 Å². The van der Waals surface area contributed by atoms with Crippen LogP contribution in [0.1, 0.15) is 52.0 Å². The minimum absolute atomic E-state index is 0.310. The average molecular weight is 438 g/mol. The summed E-state index contributed by atoms with van der Waals surface area (Å²) in [5.74, 6) is 0.988. The normalized spacial score (nSPS) is 14.7. The molecule has 1 aliphatic rings. The van der Waals surface area contributed by atoms with E-state index in [-0.39, 0.29) is 0 Å². The molecule has 4 aromatic rings. The summed E-state index contributed by atoms with van der Waals surface area (Å²) in [6.45, 7) is 7.36. The molecule has 0 aliphatic heterocycles. The molecule has 1 fully saturated rings. The maximum Gasteiger partial charge on any atom is 0.309 e.